The molecule has 5 aliphatic rings. The van der Waals surface area contributed by atoms with Crippen LogP contribution in [0.4, 0.5) is 0 Å². The fraction of sp³-hybridized carbons (Fsp3) is 0.949. The van der Waals surface area contributed by atoms with Crippen LogP contribution in [0.25, 0.3) is 0 Å². The minimum atomic E-state index is -0.628. The van der Waals surface area contributed by atoms with Gasteiger partial charge >= 0.3 is 132 Å². The SMILES string of the molecule is C1COCCN1.CCO.Cl.ClCCCBr.ClCCCN1CCOCC1.ClCCCN1CCOCC1.N=S(N)CCCN1CCOCC1.NC(N)=S.O=CO[O-].SCCCN1CCOCC1.[H-].[K+].[K+].[Na+].[OH-]. The standard InChI is InChI=1S/2C7H14ClNO.C7H17N3OS.C7H15NOS.C4H9NO.C3H6BrCl.C2H6O.CH4N2S.CH2O3.ClH.2K.Na.H2O.H/c2*8-2-1-3-9-4-6-10-7-5-9;8-12(9)7-1-2-10-3-5-11-6-4-10;10-7-1-2-8-3-5-9-6-4-8;1-3-6-4-2-5-1;4-2-1-3-5;1-2-3;2-1(3)4;2-1-4-3;;;;;;/h2*1-7H2;1-7H2,(H3,8,9);10H,1-7H2;5H,1-4H2;1-3H2;3H,2H2,1H3;(H4,2,3,4);1,3H;1H;;;;1H2;/q;;;;;;;;;;3*+1;;-1/p-2. The summed E-state index contributed by atoms with van der Waals surface area (Å²) in [5.74, 6) is 4.15. The van der Waals surface area contributed by atoms with Gasteiger partial charge < -0.3 is 62.6 Å². The van der Waals surface area contributed by atoms with Crippen molar-refractivity contribution in [3.63, 3.8) is 0 Å². The Bertz CT molecular complexity index is 897. The van der Waals surface area contributed by atoms with Crippen molar-refractivity contribution < 1.29 is 183 Å². The van der Waals surface area contributed by atoms with E-state index in [0.29, 0.717) is 0 Å². The molecule has 0 aliphatic carbocycles. The van der Waals surface area contributed by atoms with E-state index in [1.54, 1.807) is 6.92 Å². The fourth-order valence-corrected chi connectivity index (χ4v) is 6.73. The number of nitrogens with one attached hydrogen (secondary N) is 2. The van der Waals surface area contributed by atoms with Gasteiger partial charge in [-0.3, -0.25) is 34.3 Å². The number of alkyl halides is 4. The molecule has 5 rings (SSSR count). The maximum absolute atomic E-state index is 8.64. The van der Waals surface area contributed by atoms with Crippen LogP contribution >= 0.6 is 88.0 Å². The second-order valence-electron chi connectivity index (χ2n) is 13.5. The number of morpholine rings is 5. The molecule has 5 saturated heterocycles. The number of carbonyl (C=O) groups is 1. The van der Waals surface area contributed by atoms with E-state index in [2.05, 4.69) is 82.0 Å². The number of thiol groups is 1. The molecule has 5 fully saturated rings. The average Bonchev–Trinajstić information content (AvgIpc) is 3.33. The summed E-state index contributed by atoms with van der Waals surface area (Å²) in [6.07, 6.45) is 5.51. The Balaban J connectivity index is -0.0000000737. The van der Waals surface area contributed by atoms with Gasteiger partial charge in [0.25, 0.3) is 6.47 Å². The van der Waals surface area contributed by atoms with Crippen LogP contribution in [0.5, 0.6) is 0 Å². The maximum Gasteiger partial charge on any atom is 1.00 e. The molecular weight excluding hydrogens is 1170 g/mol. The van der Waals surface area contributed by atoms with Crippen molar-refractivity contribution in [2.45, 2.75) is 39.0 Å². The van der Waals surface area contributed by atoms with Crippen LogP contribution in [-0.4, -0.2) is 241 Å². The maximum atomic E-state index is 8.64. The van der Waals surface area contributed by atoms with Crippen molar-refractivity contribution in [2.24, 2.45) is 16.6 Å². The zero-order valence-corrected chi connectivity index (χ0v) is 57.8. The van der Waals surface area contributed by atoms with Gasteiger partial charge in [0.05, 0.1) is 66.1 Å². The number of thiocarbonyl (C=S) groups is 1. The molecule has 1 atom stereocenters. The normalized spacial score (nSPS) is 16.8. The van der Waals surface area contributed by atoms with Gasteiger partial charge in [-0.2, -0.15) is 12.6 Å². The zero-order chi connectivity index (χ0) is 48.6. The van der Waals surface area contributed by atoms with Gasteiger partial charge in [0, 0.05) is 101 Å². The van der Waals surface area contributed by atoms with Crippen molar-refractivity contribution >= 4 is 110 Å². The molecule has 0 saturated carbocycles. The van der Waals surface area contributed by atoms with Crippen molar-refractivity contribution in [1.29, 1.82) is 4.78 Å². The van der Waals surface area contributed by atoms with Crippen LogP contribution in [-0.2, 0) is 44.2 Å². The van der Waals surface area contributed by atoms with E-state index < -0.39 is 10.9 Å². The summed E-state index contributed by atoms with van der Waals surface area (Å²) < 4.78 is 33.0. The third kappa shape index (κ3) is 89.9. The summed E-state index contributed by atoms with van der Waals surface area (Å²) in [6.45, 7) is 25.8. The fourth-order valence-electron chi connectivity index (χ4n) is 5.17. The molecule has 30 heteroatoms. The average molecular weight is 1260 g/mol. The summed E-state index contributed by atoms with van der Waals surface area (Å²) >= 11 is 27.9. The van der Waals surface area contributed by atoms with Gasteiger partial charge in [0.1, 0.15) is 0 Å². The number of ether oxygens (including phenoxy) is 5. The third-order valence-corrected chi connectivity index (χ3v) is 10.7. The molecule has 0 amide bonds. The zero-order valence-electron chi connectivity index (χ0n) is 43.4. The topological polar surface area (TPSA) is 273 Å². The molecular formula is C39H89BrCl4K2N9NaO10S3. The van der Waals surface area contributed by atoms with Crippen molar-refractivity contribution in [1.82, 2.24) is 24.9 Å². The smallest absolute Gasteiger partial charge is 1.00 e. The molecule has 0 aromatic heterocycles. The number of rotatable bonds is 16. The van der Waals surface area contributed by atoms with Crippen LogP contribution in [0.3, 0.4) is 0 Å². The Morgan fingerprint density at radius 3 is 1.19 bits per heavy atom. The summed E-state index contributed by atoms with van der Waals surface area (Å²) in [4.78, 5) is 20.8. The van der Waals surface area contributed by atoms with Crippen LogP contribution in [0, 0.1) is 4.78 Å². The molecule has 5 aliphatic heterocycles. The molecule has 0 aromatic rings. The van der Waals surface area contributed by atoms with Gasteiger partial charge in [0.2, 0.25) is 0 Å². The van der Waals surface area contributed by atoms with Gasteiger partial charge in [-0.15, -0.1) is 47.2 Å². The Morgan fingerprint density at radius 2 is 1.01 bits per heavy atom. The molecule has 19 nitrogen and oxygen atoms in total. The molecule has 406 valence electrons. The summed E-state index contributed by atoms with van der Waals surface area (Å²) in [6, 6.07) is 0. The number of aliphatic hydroxyl groups excluding tert-OH is 1. The predicted molar refractivity (Wildman–Crippen MR) is 286 cm³/mol. The predicted octanol–water partition coefficient (Wildman–Crippen LogP) is -6.90. The first-order chi connectivity index (χ1) is 31.1. The summed E-state index contributed by atoms with van der Waals surface area (Å²) in [5, 5.41) is 25.5. The Kier molecular flexibility index (Phi) is 114. The van der Waals surface area contributed by atoms with Gasteiger partial charge in [-0.25, -0.2) is 0 Å². The number of halogens is 5. The van der Waals surface area contributed by atoms with E-state index >= 15 is 0 Å². The first kappa shape index (κ1) is 93.3. The van der Waals surface area contributed by atoms with E-state index in [-0.39, 0.29) is 170 Å². The van der Waals surface area contributed by atoms with Crippen molar-refractivity contribution in [3.8, 4) is 0 Å². The van der Waals surface area contributed by atoms with Crippen LogP contribution in [0.15, 0.2) is 0 Å². The van der Waals surface area contributed by atoms with E-state index in [1.807, 2.05) is 0 Å². The second-order valence-corrected chi connectivity index (χ2v) is 17.6. The minimum absolute atomic E-state index is 0. The van der Waals surface area contributed by atoms with E-state index in [1.165, 1.54) is 13.0 Å². The first-order valence-electron chi connectivity index (χ1n) is 21.9. The number of nitrogens with zero attached hydrogens (tertiary/aromatic N) is 4. The second kappa shape index (κ2) is 84.3. The van der Waals surface area contributed by atoms with Crippen molar-refractivity contribution in [2.75, 3.05) is 199 Å². The number of carbonyl (C=O) groups excluding carboxylic acids is 1. The molecule has 0 spiro atoms. The monoisotopic (exact) mass is 1260 g/mol. The van der Waals surface area contributed by atoms with Crippen LogP contribution < -0.4 is 160 Å². The minimum Gasteiger partial charge on any atom is -1.00 e. The Morgan fingerprint density at radius 1 is 0.754 bits per heavy atom. The van der Waals surface area contributed by atoms with Gasteiger partial charge in [0.15, 0.2) is 5.11 Å². The van der Waals surface area contributed by atoms with E-state index in [4.69, 9.17) is 83.6 Å². The quantitative estimate of drug-likeness (QED) is 0.0144. The van der Waals surface area contributed by atoms with E-state index in [9.17, 15) is 0 Å². The van der Waals surface area contributed by atoms with Gasteiger partial charge in [-0.1, -0.05) is 15.9 Å². The molecule has 0 bridgehead atoms. The number of hydrogen-bond donors (Lipinski definition) is 7. The number of nitrogens with two attached hydrogens (primary N) is 3. The Labute approximate surface area is 568 Å². The van der Waals surface area contributed by atoms with Crippen LogP contribution in [0.2, 0.25) is 0 Å². The van der Waals surface area contributed by atoms with E-state index in [0.717, 1.165) is 211 Å². The number of hydrogen-bond acceptors (Lipinski definition) is 18. The molecule has 5 heterocycles. The van der Waals surface area contributed by atoms with Gasteiger partial charge in [-0.05, 0) is 94.1 Å². The Hall–Kier alpha value is 5.01. The molecule has 1 unspecified atom stereocenters. The molecule has 0 radical (unpaired) electrons. The number of aliphatic hydroxyl groups is 1. The summed E-state index contributed by atoms with van der Waals surface area (Å²) in [5.41, 5.74) is 9.24. The van der Waals surface area contributed by atoms with Crippen LogP contribution in [0.1, 0.15) is 40.5 Å². The summed E-state index contributed by atoms with van der Waals surface area (Å²) in [7, 11) is -0.628. The largest absolute Gasteiger partial charge is 1.00 e. The molecule has 0 aromatic carbocycles. The molecule has 10 N–H and O–H groups in total. The van der Waals surface area contributed by atoms with Crippen molar-refractivity contribution in [3.05, 3.63) is 0 Å². The molecule has 69 heavy (non-hydrogen) atoms. The first-order valence-corrected chi connectivity index (χ1v) is 27.2. The third-order valence-electron chi connectivity index (χ3n) is 8.25.